The summed E-state index contributed by atoms with van der Waals surface area (Å²) in [5, 5.41) is 3.73. The van der Waals surface area contributed by atoms with E-state index in [4.69, 9.17) is 0 Å². The molecule has 0 aliphatic carbocycles. The van der Waals surface area contributed by atoms with Crippen LogP contribution in [0.5, 0.6) is 0 Å². The summed E-state index contributed by atoms with van der Waals surface area (Å²) in [6.45, 7) is 7.82. The van der Waals surface area contributed by atoms with E-state index < -0.39 is 17.5 Å². The molecular formula is C22H25F2N5O2S2. The summed E-state index contributed by atoms with van der Waals surface area (Å²) >= 11 is 2.47. The molecule has 1 fully saturated rings. The average molecular weight is 494 g/mol. The van der Waals surface area contributed by atoms with Gasteiger partial charge in [-0.2, -0.15) is 4.98 Å². The van der Waals surface area contributed by atoms with Crippen molar-refractivity contribution in [1.82, 2.24) is 14.5 Å². The largest absolute Gasteiger partial charge is 0.348 e. The number of nitrogens with one attached hydrogen (secondary N) is 1. The summed E-state index contributed by atoms with van der Waals surface area (Å²) in [6, 6.07) is 3.00. The molecule has 1 aliphatic heterocycles. The molecule has 0 atom stereocenters. The van der Waals surface area contributed by atoms with Gasteiger partial charge < -0.3 is 10.2 Å². The van der Waals surface area contributed by atoms with Gasteiger partial charge in [0.1, 0.15) is 4.70 Å². The van der Waals surface area contributed by atoms with E-state index >= 15 is 0 Å². The van der Waals surface area contributed by atoms with Crippen molar-refractivity contribution in [3.8, 4) is 0 Å². The second-order valence-electron chi connectivity index (χ2n) is 8.45. The lowest BCUT2D eigenvalue weighted by Gasteiger charge is -2.29. The Morgan fingerprint density at radius 2 is 1.97 bits per heavy atom. The van der Waals surface area contributed by atoms with Crippen molar-refractivity contribution in [3.05, 3.63) is 40.2 Å². The molecular weight excluding hydrogens is 468 g/mol. The highest BCUT2D eigenvalue weighted by molar-refractivity contribution is 7.99. The topological polar surface area (TPSA) is 80.1 Å². The first kappa shape index (κ1) is 23.6. The van der Waals surface area contributed by atoms with Crippen molar-refractivity contribution in [1.29, 1.82) is 0 Å². The van der Waals surface area contributed by atoms with Crippen LogP contribution in [0.2, 0.25) is 0 Å². The lowest BCUT2D eigenvalue weighted by atomic mass is 10.00. The highest BCUT2D eigenvalue weighted by Gasteiger charge is 2.23. The highest BCUT2D eigenvalue weighted by atomic mass is 32.2. The quantitative estimate of drug-likeness (QED) is 0.397. The summed E-state index contributed by atoms with van der Waals surface area (Å²) in [6.07, 6.45) is 2.18. The SMILES string of the molecule is CC1CCN(c2nc3nc(SCC(=O)Nc4ccc(F)c(F)c4)n(C(C)C)c(=O)c3s2)CC1. The lowest BCUT2D eigenvalue weighted by Crippen LogP contribution is -2.32. The van der Waals surface area contributed by atoms with Crippen LogP contribution in [0.25, 0.3) is 10.3 Å². The molecule has 3 aromatic rings. The van der Waals surface area contributed by atoms with E-state index in [1.165, 1.54) is 17.4 Å². The molecule has 0 bridgehead atoms. The van der Waals surface area contributed by atoms with E-state index in [1.54, 1.807) is 4.57 Å². The Kier molecular flexibility index (Phi) is 6.99. The third kappa shape index (κ3) is 5.19. The number of halogens is 2. The van der Waals surface area contributed by atoms with Crippen LogP contribution in [-0.2, 0) is 4.79 Å². The standard InChI is InChI=1S/C22H25F2N5O2S2/c1-12(2)29-20(31)18-19(26-21(33-18)28-8-6-13(3)7-9-28)27-22(29)32-11-17(30)25-14-4-5-15(23)16(24)10-14/h4-5,10,12-13H,6-9,11H2,1-3H3,(H,25,30). The molecule has 0 radical (unpaired) electrons. The van der Waals surface area contributed by atoms with Crippen LogP contribution in [-0.4, -0.2) is 39.3 Å². The molecule has 1 saturated heterocycles. The first-order valence-corrected chi connectivity index (χ1v) is 12.6. The summed E-state index contributed by atoms with van der Waals surface area (Å²) in [5.74, 6) is -1.80. The van der Waals surface area contributed by atoms with Gasteiger partial charge in [-0.25, -0.2) is 13.8 Å². The predicted molar refractivity (Wildman–Crippen MR) is 128 cm³/mol. The van der Waals surface area contributed by atoms with Gasteiger partial charge in [-0.3, -0.25) is 14.2 Å². The van der Waals surface area contributed by atoms with E-state index in [9.17, 15) is 18.4 Å². The second-order valence-corrected chi connectivity index (χ2v) is 10.4. The van der Waals surface area contributed by atoms with Gasteiger partial charge in [0.15, 0.2) is 27.6 Å². The number of hydrogen-bond donors (Lipinski definition) is 1. The Bertz CT molecular complexity index is 1240. The summed E-state index contributed by atoms with van der Waals surface area (Å²) in [4.78, 5) is 37.0. The Balaban J connectivity index is 1.55. The molecule has 1 amide bonds. The van der Waals surface area contributed by atoms with Crippen molar-refractivity contribution >= 4 is 50.2 Å². The molecule has 1 aromatic carbocycles. The van der Waals surface area contributed by atoms with Crippen LogP contribution in [0, 0.1) is 17.6 Å². The number of amides is 1. The summed E-state index contributed by atoms with van der Waals surface area (Å²) < 4.78 is 28.5. The fourth-order valence-corrected chi connectivity index (χ4v) is 5.56. The Morgan fingerprint density at radius 3 is 2.64 bits per heavy atom. The molecule has 7 nitrogen and oxygen atoms in total. The first-order valence-electron chi connectivity index (χ1n) is 10.8. The van der Waals surface area contributed by atoms with Gasteiger partial charge in [0.2, 0.25) is 5.91 Å². The zero-order chi connectivity index (χ0) is 23.7. The molecule has 0 saturated carbocycles. The van der Waals surface area contributed by atoms with Gasteiger partial charge in [0.25, 0.3) is 5.56 Å². The van der Waals surface area contributed by atoms with Crippen molar-refractivity contribution in [2.24, 2.45) is 5.92 Å². The number of aromatic nitrogens is 3. The molecule has 1 aliphatic rings. The molecule has 11 heteroatoms. The number of carbonyl (C=O) groups excluding carboxylic acids is 1. The number of anilines is 2. The average Bonchev–Trinajstić information content (AvgIpc) is 3.19. The minimum absolute atomic E-state index is 0.0509. The first-order chi connectivity index (χ1) is 15.7. The normalized spacial score (nSPS) is 14.9. The van der Waals surface area contributed by atoms with Gasteiger partial charge in [-0.15, -0.1) is 0 Å². The molecule has 0 spiro atoms. The Morgan fingerprint density at radius 1 is 1.24 bits per heavy atom. The fourth-order valence-electron chi connectivity index (χ4n) is 3.65. The number of carbonyl (C=O) groups is 1. The van der Waals surface area contributed by atoms with Crippen LogP contribution in [0.3, 0.4) is 0 Å². The number of nitrogens with zero attached hydrogens (tertiary/aromatic N) is 4. The smallest absolute Gasteiger partial charge is 0.274 e. The number of benzene rings is 1. The van der Waals surface area contributed by atoms with Crippen LogP contribution in [0.1, 0.15) is 39.7 Å². The van der Waals surface area contributed by atoms with E-state index in [2.05, 4.69) is 27.1 Å². The maximum Gasteiger partial charge on any atom is 0.274 e. The van der Waals surface area contributed by atoms with Crippen molar-refractivity contribution in [2.45, 2.75) is 44.8 Å². The van der Waals surface area contributed by atoms with Crippen LogP contribution < -0.4 is 15.8 Å². The molecule has 33 heavy (non-hydrogen) atoms. The highest BCUT2D eigenvalue weighted by Crippen LogP contribution is 2.31. The molecule has 0 unspecified atom stereocenters. The maximum absolute atomic E-state index is 13.4. The summed E-state index contributed by atoms with van der Waals surface area (Å²) in [7, 11) is 0. The predicted octanol–water partition coefficient (Wildman–Crippen LogP) is 4.68. The summed E-state index contributed by atoms with van der Waals surface area (Å²) in [5.41, 5.74) is 0.371. The molecule has 3 heterocycles. The molecule has 176 valence electrons. The van der Waals surface area contributed by atoms with Gasteiger partial charge in [-0.1, -0.05) is 30.0 Å². The van der Waals surface area contributed by atoms with E-state index in [-0.39, 0.29) is 23.0 Å². The fraction of sp³-hybridized carbons (Fsp3) is 0.455. The lowest BCUT2D eigenvalue weighted by molar-refractivity contribution is -0.113. The molecule has 1 N–H and O–H groups in total. The van der Waals surface area contributed by atoms with Crippen molar-refractivity contribution < 1.29 is 13.6 Å². The Labute approximate surface area is 198 Å². The number of rotatable bonds is 6. The van der Waals surface area contributed by atoms with Crippen LogP contribution in [0.15, 0.2) is 28.2 Å². The van der Waals surface area contributed by atoms with Gasteiger partial charge in [0.05, 0.1) is 5.75 Å². The van der Waals surface area contributed by atoms with Crippen LogP contribution >= 0.6 is 23.1 Å². The maximum atomic E-state index is 13.4. The Hall–Kier alpha value is -2.53. The monoisotopic (exact) mass is 493 g/mol. The minimum atomic E-state index is -1.04. The van der Waals surface area contributed by atoms with E-state index in [0.717, 1.165) is 55.0 Å². The molecule has 4 rings (SSSR count). The third-order valence-electron chi connectivity index (χ3n) is 5.52. The van der Waals surface area contributed by atoms with Crippen LogP contribution in [0.4, 0.5) is 19.6 Å². The van der Waals surface area contributed by atoms with Gasteiger partial charge in [0, 0.05) is 30.9 Å². The number of thioether (sulfide) groups is 1. The second kappa shape index (κ2) is 9.76. The van der Waals surface area contributed by atoms with E-state index in [0.29, 0.717) is 21.4 Å². The zero-order valence-electron chi connectivity index (χ0n) is 18.6. The van der Waals surface area contributed by atoms with Gasteiger partial charge >= 0.3 is 0 Å². The van der Waals surface area contributed by atoms with Crippen molar-refractivity contribution in [3.63, 3.8) is 0 Å². The molecule has 2 aromatic heterocycles. The number of thiazole rings is 1. The van der Waals surface area contributed by atoms with Crippen molar-refractivity contribution in [2.75, 3.05) is 29.1 Å². The van der Waals surface area contributed by atoms with E-state index in [1.807, 2.05) is 13.8 Å². The number of hydrogen-bond acceptors (Lipinski definition) is 7. The minimum Gasteiger partial charge on any atom is -0.348 e. The number of piperidine rings is 1. The van der Waals surface area contributed by atoms with Gasteiger partial charge in [-0.05, 0) is 44.7 Å². The zero-order valence-corrected chi connectivity index (χ0v) is 20.2. The number of fused-ring (bicyclic) bond motifs is 1. The third-order valence-corrected chi connectivity index (χ3v) is 7.57.